The van der Waals surface area contributed by atoms with Crippen LogP contribution in [0.15, 0.2) is 163 Å². The number of nitrogens with one attached hydrogen (secondary N) is 6. The molecule has 8 rings (SSSR count). The molecule has 0 aromatic heterocycles. The van der Waals surface area contributed by atoms with Crippen molar-refractivity contribution in [2.75, 3.05) is 31.9 Å². The molecule has 0 aliphatic carbocycles. The van der Waals surface area contributed by atoms with Gasteiger partial charge in [0.25, 0.3) is 72.5 Å². The quantitative estimate of drug-likeness (QED) is 0.0330. The molecule has 0 heterocycles. The first-order chi connectivity index (χ1) is 40.4. The Balaban J connectivity index is 0.00000501. The molecule has 39 heteroatoms. The first kappa shape index (κ1) is 87.6. The second-order valence-electron chi connectivity index (χ2n) is 21.7. The molecule has 6 radical (unpaired) electrons. The number of amides is 4. The third-order valence-electron chi connectivity index (χ3n) is 13.2. The molecule has 0 unspecified atom stereocenters. The molecule has 0 bridgehead atoms. The number of benzene rings is 8. The molecule has 8 aromatic carbocycles. The zero-order valence-corrected chi connectivity index (χ0v) is 69.4. The first-order valence-electron chi connectivity index (χ1n) is 25.2. The van der Waals surface area contributed by atoms with Crippen LogP contribution in [0.3, 0.4) is 0 Å². The molecule has 0 atom stereocenters. The number of hydrogen-bond donors (Lipinski definition) is 12. The number of hydrogen-bond acceptors (Lipinski definition) is 17. The fourth-order valence-corrected chi connectivity index (χ4v) is 13.4. The van der Waals surface area contributed by atoms with Crippen molar-refractivity contribution in [3.63, 3.8) is 0 Å². The number of anilines is 8. The van der Waals surface area contributed by atoms with Crippen LogP contribution in [0.5, 0.6) is 0 Å². The van der Waals surface area contributed by atoms with Crippen molar-refractivity contribution in [3.8, 4) is 0 Å². The van der Waals surface area contributed by atoms with Gasteiger partial charge in [0.15, 0.2) is 0 Å². The summed E-state index contributed by atoms with van der Waals surface area (Å²) in [6, 6.07) is 25.7. The van der Waals surface area contributed by atoms with Crippen molar-refractivity contribution in [2.24, 2.45) is 0 Å². The van der Waals surface area contributed by atoms with Gasteiger partial charge in [0.2, 0.25) is 0 Å². The van der Waals surface area contributed by atoms with Gasteiger partial charge in [-0.3, -0.25) is 36.9 Å². The van der Waals surface area contributed by atoms with E-state index in [-0.39, 0.29) is 234 Å². The molecule has 0 aliphatic rings. The van der Waals surface area contributed by atoms with Gasteiger partial charge in [-0.1, -0.05) is 53.7 Å². The zero-order valence-electron chi connectivity index (χ0n) is 52.5. The van der Waals surface area contributed by atoms with E-state index in [1.165, 1.54) is 72.8 Å². The van der Waals surface area contributed by atoms with E-state index >= 15 is 0 Å². The average Bonchev–Trinajstić information content (AvgIpc) is 0.754. The van der Waals surface area contributed by atoms with E-state index < -0.39 is 140 Å². The summed E-state index contributed by atoms with van der Waals surface area (Å²) in [5.41, 5.74) is 0.592. The Kier molecular flexibility index (Phi) is 30.7. The number of carbonyl (C=O) groups is 3. The predicted octanol–water partition coefficient (Wildman–Crippen LogP) is 7.42. The number of carbonyl (C=O) groups excluding carboxylic acids is 3. The fraction of sp³-hybridized carbons (Fsp3) is 0.145. The van der Waals surface area contributed by atoms with Gasteiger partial charge in [-0.05, 0) is 143 Å². The minimum atomic E-state index is -5.35. The van der Waals surface area contributed by atoms with Crippen molar-refractivity contribution >= 4 is 323 Å². The largest absolute Gasteiger partial charge is 0.355 e. The van der Waals surface area contributed by atoms with E-state index in [1.807, 2.05) is 0 Å². The van der Waals surface area contributed by atoms with Gasteiger partial charge in [-0.2, -0.15) is 50.5 Å². The van der Waals surface area contributed by atoms with Crippen LogP contribution in [0.4, 0.5) is 50.3 Å². The van der Waals surface area contributed by atoms with Crippen LogP contribution in [0, 0.1) is 0 Å². The van der Waals surface area contributed by atoms with Gasteiger partial charge >= 0.3 is 6.03 Å². The van der Waals surface area contributed by atoms with E-state index in [9.17, 15) is 92.2 Å². The molecule has 0 saturated carbocycles. The third kappa shape index (κ3) is 21.3. The molecule has 0 spiro atoms. The molecule has 0 saturated heterocycles. The SMILES string of the molecule is CC(C)(C)c1cc(Nc2ccc(S(=O)(=O)O)c3cc(S(=O)(=O)O)cc(S(=O)(=O)O)c23)ccc1NC(=O)c1cccc(NC(=O)Nc2cccc(C(=O)Nc3ccc(Nc4ccc(S(=O)(=O)O)c5cc(S(=O)(=O)O)cc(S(=O)(=O)O)c45)cc3C(C)(C)C)c2)c1.[Na].[Na].[Na].[Na].[Na].[Na]. The standard InChI is InChI=1S/C55H52N6O21S6.6Na/c1-54(2,3)39-23-33(56-43-17-19-45(85(71,72)73)37-25-35(83(65,66)67)27-47(49(37)43)87(77,78)79)13-15-41(39)60-51(62)29-9-7-11-31(21-29)58-53(64)59-32-12-8-10-30(22-32)52(63)61-42-16-14-34(24-40(42)55(4,5)6)57-44-18-20-46(86(74,75)76)38-26-36(84(68,69)70)28-48(50(38)44)88(80,81)82;;;;;;/h7-28,56-57H,1-6H3,(H,60,62)(H,61,63)(H2,58,59,64)(H,65,66,67)(H,68,69,70)(H,71,72,73)(H,74,75,76)(H,77,78,79)(H,80,81,82);;;;;;. The normalized spacial score (nSPS) is 12.0. The Bertz CT molecular complexity index is 4730. The number of urea groups is 1. The summed E-state index contributed by atoms with van der Waals surface area (Å²) in [5, 5.41) is 14.2. The molecule has 27 nitrogen and oxygen atoms in total. The van der Waals surface area contributed by atoms with Crippen molar-refractivity contribution < 1.29 is 92.2 Å². The summed E-state index contributed by atoms with van der Waals surface area (Å²) in [5.74, 6) is -1.27. The minimum Gasteiger partial charge on any atom is -0.355 e. The monoisotopic (exact) mass is 1460 g/mol. The van der Waals surface area contributed by atoms with E-state index in [0.29, 0.717) is 35.4 Å². The molecule has 4 amide bonds. The average molecular weight is 1460 g/mol. The summed E-state index contributed by atoms with van der Waals surface area (Å²) in [6.07, 6.45) is 0. The Morgan fingerprint density at radius 2 is 0.638 bits per heavy atom. The molecule has 8 aromatic rings. The van der Waals surface area contributed by atoms with Gasteiger partial charge < -0.3 is 31.9 Å². The van der Waals surface area contributed by atoms with Crippen molar-refractivity contribution in [1.82, 2.24) is 0 Å². The van der Waals surface area contributed by atoms with Gasteiger partial charge in [0, 0.05) is 256 Å². The van der Waals surface area contributed by atoms with Crippen molar-refractivity contribution in [3.05, 3.63) is 156 Å². The smallest absolute Gasteiger partial charge is 0.323 e. The van der Waals surface area contributed by atoms with Crippen LogP contribution in [0.25, 0.3) is 21.5 Å². The second kappa shape index (κ2) is 32.9. The fourth-order valence-electron chi connectivity index (χ4n) is 9.32. The predicted molar refractivity (Wildman–Crippen MR) is 360 cm³/mol. The Morgan fingerprint density at radius 3 is 0.926 bits per heavy atom. The van der Waals surface area contributed by atoms with E-state index in [0.717, 1.165) is 24.3 Å². The van der Waals surface area contributed by atoms with E-state index in [4.69, 9.17) is 0 Å². The number of rotatable bonds is 16. The Morgan fingerprint density at radius 1 is 0.330 bits per heavy atom. The molecular weight excluding hydrogens is 1410 g/mol. The molecule has 12 N–H and O–H groups in total. The number of fused-ring (bicyclic) bond motifs is 2. The van der Waals surface area contributed by atoms with Crippen LogP contribution in [-0.4, -0.2) is 273 Å². The van der Waals surface area contributed by atoms with Crippen molar-refractivity contribution in [2.45, 2.75) is 81.7 Å². The second-order valence-corrected chi connectivity index (χ2v) is 30.1. The topological polar surface area (TPSA) is 450 Å². The summed E-state index contributed by atoms with van der Waals surface area (Å²) >= 11 is 0. The van der Waals surface area contributed by atoms with E-state index in [2.05, 4.69) is 31.9 Å². The summed E-state index contributed by atoms with van der Waals surface area (Å²) in [4.78, 5) is 34.8. The van der Waals surface area contributed by atoms with Crippen LogP contribution < -0.4 is 31.9 Å². The summed E-state index contributed by atoms with van der Waals surface area (Å²) in [6.45, 7) is 10.8. The maximum Gasteiger partial charge on any atom is 0.323 e. The maximum atomic E-state index is 13.9. The third-order valence-corrected chi connectivity index (χ3v) is 18.4. The van der Waals surface area contributed by atoms with Gasteiger partial charge in [-0.15, -0.1) is 0 Å². The van der Waals surface area contributed by atoms with Crippen LogP contribution in [-0.2, 0) is 71.5 Å². The van der Waals surface area contributed by atoms with E-state index in [1.54, 1.807) is 53.7 Å². The maximum absolute atomic E-state index is 13.9. The summed E-state index contributed by atoms with van der Waals surface area (Å²) in [7, 11) is -31.4. The Hall–Kier alpha value is -2.45. The molecular formula is C55H52N6Na6O21S6. The molecule has 0 aliphatic heterocycles. The molecule has 470 valence electrons. The zero-order chi connectivity index (χ0) is 65.2. The summed E-state index contributed by atoms with van der Waals surface area (Å²) < 4.78 is 208. The van der Waals surface area contributed by atoms with Gasteiger partial charge in [0.05, 0.1) is 9.79 Å². The molecule has 0 fully saturated rings. The van der Waals surface area contributed by atoms with Crippen LogP contribution in [0.1, 0.15) is 73.4 Å². The van der Waals surface area contributed by atoms with Gasteiger partial charge in [-0.25, -0.2) is 4.79 Å². The van der Waals surface area contributed by atoms with Crippen LogP contribution in [0.2, 0.25) is 0 Å². The molecule has 94 heavy (non-hydrogen) atoms. The minimum absolute atomic E-state index is 0. The van der Waals surface area contributed by atoms with Crippen molar-refractivity contribution in [1.29, 1.82) is 0 Å². The Labute approximate surface area is 674 Å². The van der Waals surface area contributed by atoms with Gasteiger partial charge in [0.1, 0.15) is 19.6 Å². The van der Waals surface area contributed by atoms with Crippen LogP contribution >= 0.6 is 0 Å². The first-order valence-corrected chi connectivity index (χ1v) is 33.8.